The van der Waals surface area contributed by atoms with E-state index >= 15 is 0 Å². The molecule has 1 aliphatic heterocycles. The molecule has 8 nitrogen and oxygen atoms in total. The predicted molar refractivity (Wildman–Crippen MR) is 127 cm³/mol. The molecule has 0 radical (unpaired) electrons. The van der Waals surface area contributed by atoms with Crippen LogP contribution in [0.2, 0.25) is 0 Å². The molecule has 0 aromatic heterocycles. The zero-order valence-electron chi connectivity index (χ0n) is 19.2. The highest BCUT2D eigenvalue weighted by Gasteiger charge is 2.45. The topological polar surface area (TPSA) is 102 Å². The Morgan fingerprint density at radius 2 is 1.71 bits per heavy atom. The van der Waals surface area contributed by atoms with Gasteiger partial charge in [0.05, 0.1) is 23.5 Å². The van der Waals surface area contributed by atoms with E-state index in [9.17, 15) is 18.0 Å². The number of nitrogens with zero attached hydrogens (tertiary/aromatic N) is 1. The van der Waals surface area contributed by atoms with Crippen molar-refractivity contribution in [2.75, 3.05) is 31.6 Å². The van der Waals surface area contributed by atoms with Crippen molar-refractivity contribution in [3.63, 3.8) is 0 Å². The minimum atomic E-state index is -3.69. The smallest absolute Gasteiger partial charge is 0.317 e. The lowest BCUT2D eigenvalue weighted by Gasteiger charge is -2.28. The number of hydrogen-bond acceptors (Lipinski definition) is 6. The monoisotopic (exact) mass is 486 g/mol. The molecular formula is C25H30N2O6S. The minimum Gasteiger partial charge on any atom is -0.452 e. The van der Waals surface area contributed by atoms with E-state index in [2.05, 4.69) is 5.32 Å². The summed E-state index contributed by atoms with van der Waals surface area (Å²) in [5, 5.41) is 2.68. The molecule has 9 heteroatoms. The Labute approximate surface area is 200 Å². The molecule has 1 amide bonds. The van der Waals surface area contributed by atoms with Gasteiger partial charge >= 0.3 is 5.97 Å². The standard InChI is InChI=1S/C25H30N2O6S/c1-19(33-24(29)25(12-5-6-13-25)20-8-3-2-4-9-20)23(28)26-21-10-7-11-22(18-21)34(30,31)27-14-16-32-17-15-27/h2-4,7-11,18-19H,5-6,12-17H2,1H3,(H,26,28)/t19-/m1/s1. The molecule has 0 unspecified atom stereocenters. The Balaban J connectivity index is 1.44. The van der Waals surface area contributed by atoms with Crippen LogP contribution in [0.15, 0.2) is 59.5 Å². The highest BCUT2D eigenvalue weighted by Crippen LogP contribution is 2.42. The van der Waals surface area contributed by atoms with Crippen molar-refractivity contribution in [1.82, 2.24) is 4.31 Å². The Kier molecular flexibility index (Phi) is 7.35. The Bertz CT molecular complexity index is 1120. The maximum Gasteiger partial charge on any atom is 0.317 e. The van der Waals surface area contributed by atoms with E-state index in [1.54, 1.807) is 12.1 Å². The number of ether oxygens (including phenoxy) is 2. The molecule has 2 aromatic carbocycles. The maximum atomic E-state index is 13.2. The van der Waals surface area contributed by atoms with Crippen LogP contribution >= 0.6 is 0 Å². The molecule has 34 heavy (non-hydrogen) atoms. The summed E-state index contributed by atoms with van der Waals surface area (Å²) in [6.45, 7) is 2.80. The number of sulfonamides is 1. The lowest BCUT2D eigenvalue weighted by molar-refractivity contribution is -0.159. The van der Waals surface area contributed by atoms with Gasteiger partial charge in [0, 0.05) is 18.8 Å². The summed E-state index contributed by atoms with van der Waals surface area (Å²) in [5.74, 6) is -0.919. The van der Waals surface area contributed by atoms with Gasteiger partial charge in [-0.25, -0.2) is 8.42 Å². The van der Waals surface area contributed by atoms with E-state index in [1.165, 1.54) is 23.4 Å². The van der Waals surface area contributed by atoms with E-state index in [1.807, 2.05) is 30.3 Å². The molecule has 1 atom stereocenters. The lowest BCUT2D eigenvalue weighted by atomic mass is 9.79. The fourth-order valence-electron chi connectivity index (χ4n) is 4.59. The Hall–Kier alpha value is -2.75. The molecule has 1 aliphatic carbocycles. The molecule has 0 spiro atoms. The second kappa shape index (κ2) is 10.2. The van der Waals surface area contributed by atoms with Crippen molar-refractivity contribution >= 4 is 27.6 Å². The second-order valence-corrected chi connectivity index (χ2v) is 10.7. The average Bonchev–Trinajstić information content (AvgIpc) is 3.37. The van der Waals surface area contributed by atoms with Crippen molar-refractivity contribution in [2.24, 2.45) is 0 Å². The second-order valence-electron chi connectivity index (χ2n) is 8.74. The number of carbonyl (C=O) groups is 2. The first-order valence-corrected chi connectivity index (χ1v) is 13.0. The lowest BCUT2D eigenvalue weighted by Crippen LogP contribution is -2.40. The van der Waals surface area contributed by atoms with Crippen LogP contribution < -0.4 is 5.32 Å². The quantitative estimate of drug-likeness (QED) is 0.604. The van der Waals surface area contributed by atoms with Gasteiger partial charge < -0.3 is 14.8 Å². The first kappa shape index (κ1) is 24.4. The van der Waals surface area contributed by atoms with Gasteiger partial charge in [0.15, 0.2) is 6.10 Å². The number of anilines is 1. The van der Waals surface area contributed by atoms with Gasteiger partial charge in [-0.2, -0.15) is 4.31 Å². The number of esters is 1. The summed E-state index contributed by atoms with van der Waals surface area (Å²) in [6.07, 6.45) is 2.19. The van der Waals surface area contributed by atoms with E-state index in [0.717, 1.165) is 18.4 Å². The number of rotatable bonds is 7. The normalized spacial score (nSPS) is 19.3. The molecule has 1 saturated heterocycles. The van der Waals surface area contributed by atoms with Gasteiger partial charge in [-0.1, -0.05) is 49.2 Å². The highest BCUT2D eigenvalue weighted by atomic mass is 32.2. The Morgan fingerprint density at radius 1 is 1.03 bits per heavy atom. The number of morpholine rings is 1. The van der Waals surface area contributed by atoms with Crippen LogP contribution in [-0.2, 0) is 34.5 Å². The van der Waals surface area contributed by atoms with Crippen LogP contribution in [-0.4, -0.2) is 57.0 Å². The summed E-state index contributed by atoms with van der Waals surface area (Å²) in [5.41, 5.74) is 0.495. The average molecular weight is 487 g/mol. The van der Waals surface area contributed by atoms with Crippen LogP contribution in [0.4, 0.5) is 5.69 Å². The van der Waals surface area contributed by atoms with Gasteiger partial charge in [-0.3, -0.25) is 9.59 Å². The zero-order chi connectivity index (χ0) is 24.2. The molecule has 2 fully saturated rings. The van der Waals surface area contributed by atoms with Gasteiger partial charge in [0.25, 0.3) is 5.91 Å². The number of benzene rings is 2. The largest absolute Gasteiger partial charge is 0.452 e. The van der Waals surface area contributed by atoms with Gasteiger partial charge in [-0.15, -0.1) is 0 Å². The predicted octanol–water partition coefficient (Wildman–Crippen LogP) is 3.09. The van der Waals surface area contributed by atoms with E-state index in [4.69, 9.17) is 9.47 Å². The molecule has 1 N–H and O–H groups in total. The summed E-state index contributed by atoms with van der Waals surface area (Å²) in [6, 6.07) is 15.6. The molecular weight excluding hydrogens is 456 g/mol. The third-order valence-corrected chi connectivity index (χ3v) is 8.43. The molecule has 0 bridgehead atoms. The number of nitrogens with one attached hydrogen (secondary N) is 1. The van der Waals surface area contributed by atoms with Gasteiger partial charge in [-0.05, 0) is 43.5 Å². The van der Waals surface area contributed by atoms with Crippen molar-refractivity contribution < 1.29 is 27.5 Å². The van der Waals surface area contributed by atoms with Crippen molar-refractivity contribution in [3.8, 4) is 0 Å². The minimum absolute atomic E-state index is 0.0887. The number of amides is 1. The molecule has 2 aromatic rings. The van der Waals surface area contributed by atoms with Gasteiger partial charge in [0.1, 0.15) is 0 Å². The Morgan fingerprint density at radius 3 is 2.38 bits per heavy atom. The van der Waals surface area contributed by atoms with E-state index in [-0.39, 0.29) is 18.0 Å². The van der Waals surface area contributed by atoms with Gasteiger partial charge in [0.2, 0.25) is 10.0 Å². The van der Waals surface area contributed by atoms with Crippen LogP contribution in [0.5, 0.6) is 0 Å². The third kappa shape index (κ3) is 5.01. The maximum absolute atomic E-state index is 13.2. The number of hydrogen-bond donors (Lipinski definition) is 1. The molecule has 1 heterocycles. The van der Waals surface area contributed by atoms with Crippen molar-refractivity contribution in [1.29, 1.82) is 0 Å². The van der Waals surface area contributed by atoms with E-state index in [0.29, 0.717) is 31.7 Å². The third-order valence-electron chi connectivity index (χ3n) is 6.54. The molecule has 2 aliphatic rings. The van der Waals surface area contributed by atoms with Crippen LogP contribution in [0.3, 0.4) is 0 Å². The fourth-order valence-corrected chi connectivity index (χ4v) is 6.04. The first-order chi connectivity index (χ1) is 16.3. The van der Waals surface area contributed by atoms with Crippen molar-refractivity contribution in [2.45, 2.75) is 49.0 Å². The SMILES string of the molecule is C[C@@H](OC(=O)C1(c2ccccc2)CCCC1)C(=O)Nc1cccc(S(=O)(=O)N2CCOCC2)c1. The number of carbonyl (C=O) groups excluding carboxylic acids is 2. The summed E-state index contributed by atoms with van der Waals surface area (Å²) < 4.78 is 38.0. The first-order valence-electron chi connectivity index (χ1n) is 11.6. The van der Waals surface area contributed by atoms with Crippen LogP contribution in [0.25, 0.3) is 0 Å². The molecule has 1 saturated carbocycles. The molecule has 182 valence electrons. The summed E-state index contributed by atoms with van der Waals surface area (Å²) in [4.78, 5) is 26.1. The van der Waals surface area contributed by atoms with E-state index < -0.39 is 33.4 Å². The highest BCUT2D eigenvalue weighted by molar-refractivity contribution is 7.89. The summed E-state index contributed by atoms with van der Waals surface area (Å²) >= 11 is 0. The zero-order valence-corrected chi connectivity index (χ0v) is 20.1. The summed E-state index contributed by atoms with van der Waals surface area (Å²) in [7, 11) is -3.69. The van der Waals surface area contributed by atoms with Crippen molar-refractivity contribution in [3.05, 3.63) is 60.2 Å². The van der Waals surface area contributed by atoms with Crippen LogP contribution in [0, 0.1) is 0 Å². The van der Waals surface area contributed by atoms with Crippen LogP contribution in [0.1, 0.15) is 38.2 Å². The molecule has 4 rings (SSSR count). The fraction of sp³-hybridized carbons (Fsp3) is 0.440.